The molecule has 4 rings (SSSR count). The summed E-state index contributed by atoms with van der Waals surface area (Å²) in [6.45, 7) is 10.5. The minimum Gasteiger partial charge on any atom is -0.336 e. The van der Waals surface area contributed by atoms with E-state index in [0.29, 0.717) is 35.9 Å². The van der Waals surface area contributed by atoms with Crippen LogP contribution in [0.25, 0.3) is 17.2 Å². The van der Waals surface area contributed by atoms with E-state index in [2.05, 4.69) is 26.9 Å². The van der Waals surface area contributed by atoms with Gasteiger partial charge in [-0.1, -0.05) is 32.9 Å². The Morgan fingerprint density at radius 3 is 2.56 bits per heavy atom. The molecule has 0 spiro atoms. The lowest BCUT2D eigenvalue weighted by Crippen LogP contribution is -2.48. The highest BCUT2D eigenvalue weighted by molar-refractivity contribution is 5.95. The standard InChI is InChI=1S/C24H29FN6O/c1-4-11-29-12-14-30(15-13-29)23(32)19-16-27-31(22(19)17(2)3)24-26-10-9-21(28-24)18-7-5-6-8-20(18)25/h5-10,16-17H,4,11-15H2,1-3H3. The molecule has 0 aliphatic carbocycles. The van der Waals surface area contributed by atoms with Crippen molar-refractivity contribution in [1.29, 1.82) is 0 Å². The van der Waals surface area contributed by atoms with Crippen LogP contribution in [0, 0.1) is 5.82 Å². The van der Waals surface area contributed by atoms with Gasteiger partial charge in [-0.3, -0.25) is 9.69 Å². The van der Waals surface area contributed by atoms with Gasteiger partial charge in [-0.05, 0) is 37.1 Å². The number of piperazine rings is 1. The quantitative estimate of drug-likeness (QED) is 0.589. The average molecular weight is 437 g/mol. The molecule has 8 heteroatoms. The maximum Gasteiger partial charge on any atom is 0.257 e. The number of benzene rings is 1. The molecule has 1 saturated heterocycles. The third-order valence-corrected chi connectivity index (χ3v) is 5.77. The summed E-state index contributed by atoms with van der Waals surface area (Å²) in [5.74, 6) is -0.0130. The highest BCUT2D eigenvalue weighted by Gasteiger charge is 2.28. The molecule has 0 unspecified atom stereocenters. The van der Waals surface area contributed by atoms with Gasteiger partial charge in [-0.25, -0.2) is 19.0 Å². The zero-order valence-electron chi connectivity index (χ0n) is 18.8. The van der Waals surface area contributed by atoms with E-state index in [1.807, 2.05) is 18.7 Å². The van der Waals surface area contributed by atoms with Gasteiger partial charge >= 0.3 is 0 Å². The number of hydrogen-bond acceptors (Lipinski definition) is 5. The summed E-state index contributed by atoms with van der Waals surface area (Å²) in [6, 6.07) is 8.17. The van der Waals surface area contributed by atoms with E-state index in [1.165, 1.54) is 6.07 Å². The molecule has 3 aromatic rings. The summed E-state index contributed by atoms with van der Waals surface area (Å²) in [6.07, 6.45) is 4.31. The van der Waals surface area contributed by atoms with E-state index in [-0.39, 0.29) is 17.6 Å². The predicted molar refractivity (Wildman–Crippen MR) is 121 cm³/mol. The topological polar surface area (TPSA) is 67.2 Å². The maximum atomic E-state index is 14.3. The van der Waals surface area contributed by atoms with E-state index in [0.717, 1.165) is 31.7 Å². The summed E-state index contributed by atoms with van der Waals surface area (Å²) in [5.41, 5.74) is 2.20. The second-order valence-corrected chi connectivity index (χ2v) is 8.37. The monoisotopic (exact) mass is 436 g/mol. The van der Waals surface area contributed by atoms with Gasteiger partial charge in [-0.15, -0.1) is 0 Å². The molecule has 0 radical (unpaired) electrons. The smallest absolute Gasteiger partial charge is 0.257 e. The molecule has 7 nitrogen and oxygen atoms in total. The minimum atomic E-state index is -0.347. The van der Waals surface area contributed by atoms with Gasteiger partial charge in [0.2, 0.25) is 0 Å². The van der Waals surface area contributed by atoms with Gasteiger partial charge in [0.15, 0.2) is 0 Å². The molecular formula is C24H29FN6O. The van der Waals surface area contributed by atoms with Crippen LogP contribution in [0.3, 0.4) is 0 Å². The molecule has 1 aliphatic rings. The normalized spacial score (nSPS) is 14.8. The molecule has 32 heavy (non-hydrogen) atoms. The number of rotatable bonds is 6. The van der Waals surface area contributed by atoms with Crippen LogP contribution < -0.4 is 0 Å². The lowest BCUT2D eigenvalue weighted by molar-refractivity contribution is 0.0636. The van der Waals surface area contributed by atoms with Crippen molar-refractivity contribution >= 4 is 5.91 Å². The Morgan fingerprint density at radius 2 is 1.88 bits per heavy atom. The number of halogens is 1. The zero-order valence-corrected chi connectivity index (χ0v) is 18.8. The summed E-state index contributed by atoms with van der Waals surface area (Å²) >= 11 is 0. The number of aromatic nitrogens is 4. The Morgan fingerprint density at radius 1 is 1.12 bits per heavy atom. The second kappa shape index (κ2) is 9.56. The second-order valence-electron chi connectivity index (χ2n) is 8.37. The molecule has 168 valence electrons. The van der Waals surface area contributed by atoms with Crippen LogP contribution in [0.2, 0.25) is 0 Å². The van der Waals surface area contributed by atoms with Crippen LogP contribution in [-0.2, 0) is 0 Å². The number of carbonyl (C=O) groups excluding carboxylic acids is 1. The van der Waals surface area contributed by atoms with Crippen molar-refractivity contribution in [3.63, 3.8) is 0 Å². The predicted octanol–water partition coefficient (Wildman–Crippen LogP) is 3.76. The van der Waals surface area contributed by atoms with Crippen molar-refractivity contribution in [2.45, 2.75) is 33.1 Å². The Balaban J connectivity index is 1.64. The average Bonchev–Trinajstić information content (AvgIpc) is 3.25. The van der Waals surface area contributed by atoms with Gasteiger partial charge < -0.3 is 4.90 Å². The maximum absolute atomic E-state index is 14.3. The number of hydrogen-bond donors (Lipinski definition) is 0. The van der Waals surface area contributed by atoms with E-state index in [1.54, 1.807) is 41.3 Å². The molecule has 1 amide bonds. The molecule has 1 fully saturated rings. The van der Waals surface area contributed by atoms with Crippen molar-refractivity contribution in [3.05, 3.63) is 59.8 Å². The van der Waals surface area contributed by atoms with E-state index in [4.69, 9.17) is 0 Å². The van der Waals surface area contributed by atoms with Crippen LogP contribution >= 0.6 is 0 Å². The Bertz CT molecular complexity index is 1090. The number of amides is 1. The molecule has 1 aromatic carbocycles. The van der Waals surface area contributed by atoms with Crippen molar-refractivity contribution in [2.24, 2.45) is 0 Å². The largest absolute Gasteiger partial charge is 0.336 e. The lowest BCUT2D eigenvalue weighted by Gasteiger charge is -2.34. The Labute approximate surface area is 187 Å². The van der Waals surface area contributed by atoms with Gasteiger partial charge in [0.05, 0.1) is 23.1 Å². The molecule has 1 aliphatic heterocycles. The van der Waals surface area contributed by atoms with Crippen molar-refractivity contribution < 1.29 is 9.18 Å². The van der Waals surface area contributed by atoms with Gasteiger partial charge in [0.25, 0.3) is 11.9 Å². The molecule has 0 bridgehead atoms. The van der Waals surface area contributed by atoms with Gasteiger partial charge in [-0.2, -0.15) is 5.10 Å². The first-order valence-corrected chi connectivity index (χ1v) is 11.2. The first-order valence-electron chi connectivity index (χ1n) is 11.2. The van der Waals surface area contributed by atoms with Crippen molar-refractivity contribution in [2.75, 3.05) is 32.7 Å². The number of carbonyl (C=O) groups is 1. The Kier molecular flexibility index (Phi) is 6.60. The SMILES string of the molecule is CCCN1CCN(C(=O)c2cnn(-c3nccc(-c4ccccc4F)n3)c2C(C)C)CC1. The van der Waals surface area contributed by atoms with Crippen LogP contribution in [-0.4, -0.2) is 68.2 Å². The fraction of sp³-hybridized carbons (Fsp3) is 0.417. The fourth-order valence-electron chi connectivity index (χ4n) is 4.17. The van der Waals surface area contributed by atoms with Crippen LogP contribution in [0.1, 0.15) is 49.2 Å². The molecule has 3 heterocycles. The minimum absolute atomic E-state index is 0.0126. The molecule has 0 N–H and O–H groups in total. The van der Waals surface area contributed by atoms with Crippen LogP contribution in [0.5, 0.6) is 0 Å². The van der Waals surface area contributed by atoms with Crippen LogP contribution in [0.4, 0.5) is 4.39 Å². The molecular weight excluding hydrogens is 407 g/mol. The van der Waals surface area contributed by atoms with E-state index < -0.39 is 0 Å². The van der Waals surface area contributed by atoms with Crippen molar-refractivity contribution in [3.8, 4) is 17.2 Å². The van der Waals surface area contributed by atoms with E-state index in [9.17, 15) is 9.18 Å². The number of nitrogens with zero attached hydrogens (tertiary/aromatic N) is 6. The summed E-state index contributed by atoms with van der Waals surface area (Å²) in [5, 5.41) is 4.47. The highest BCUT2D eigenvalue weighted by Crippen LogP contribution is 2.25. The third-order valence-electron chi connectivity index (χ3n) is 5.77. The Hall–Kier alpha value is -3.13. The van der Waals surface area contributed by atoms with Crippen molar-refractivity contribution in [1.82, 2.24) is 29.5 Å². The van der Waals surface area contributed by atoms with Gasteiger partial charge in [0.1, 0.15) is 5.82 Å². The first-order chi connectivity index (χ1) is 15.5. The third kappa shape index (κ3) is 4.41. The van der Waals surface area contributed by atoms with Gasteiger partial charge in [0, 0.05) is 37.9 Å². The fourth-order valence-corrected chi connectivity index (χ4v) is 4.17. The summed E-state index contributed by atoms with van der Waals surface area (Å²) in [4.78, 5) is 26.5. The molecule has 0 saturated carbocycles. The lowest BCUT2D eigenvalue weighted by atomic mass is 10.0. The van der Waals surface area contributed by atoms with Crippen LogP contribution in [0.15, 0.2) is 42.7 Å². The first kappa shape index (κ1) is 22.1. The summed E-state index contributed by atoms with van der Waals surface area (Å²) < 4.78 is 15.9. The zero-order chi connectivity index (χ0) is 22.7. The summed E-state index contributed by atoms with van der Waals surface area (Å²) in [7, 11) is 0. The molecule has 2 aromatic heterocycles. The molecule has 0 atom stereocenters. The van der Waals surface area contributed by atoms with E-state index >= 15 is 0 Å². The highest BCUT2D eigenvalue weighted by atomic mass is 19.1.